The predicted octanol–water partition coefficient (Wildman–Crippen LogP) is 1.75. The number of carbonyl (C=O) groups is 2. The quantitative estimate of drug-likeness (QED) is 0.658. The first-order valence-electron chi connectivity index (χ1n) is 8.50. The molecule has 0 bridgehead atoms. The third-order valence-electron chi connectivity index (χ3n) is 3.68. The SMILES string of the molecule is CCNC(=O)[C@H](C)OC(=O)CCc1nc(-c2ccc(OC)c(OC)c2)no1. The lowest BCUT2D eigenvalue weighted by atomic mass is 10.2. The molecule has 9 nitrogen and oxygen atoms in total. The number of methoxy groups -OCH3 is 2. The molecule has 0 aliphatic heterocycles. The number of rotatable bonds is 9. The summed E-state index contributed by atoms with van der Waals surface area (Å²) in [6.45, 7) is 3.78. The van der Waals surface area contributed by atoms with Gasteiger partial charge in [0.2, 0.25) is 11.7 Å². The highest BCUT2D eigenvalue weighted by atomic mass is 16.5. The van der Waals surface area contributed by atoms with Crippen molar-refractivity contribution >= 4 is 11.9 Å². The summed E-state index contributed by atoms with van der Waals surface area (Å²) in [6.07, 6.45) is -0.610. The van der Waals surface area contributed by atoms with E-state index in [0.29, 0.717) is 35.3 Å². The van der Waals surface area contributed by atoms with Crippen molar-refractivity contribution in [3.8, 4) is 22.9 Å². The van der Waals surface area contributed by atoms with Crippen molar-refractivity contribution in [3.63, 3.8) is 0 Å². The van der Waals surface area contributed by atoms with Crippen LogP contribution in [0.2, 0.25) is 0 Å². The molecule has 1 aromatic carbocycles. The van der Waals surface area contributed by atoms with Crippen molar-refractivity contribution in [1.29, 1.82) is 0 Å². The summed E-state index contributed by atoms with van der Waals surface area (Å²) in [5.41, 5.74) is 0.690. The Labute approximate surface area is 157 Å². The van der Waals surface area contributed by atoms with Gasteiger partial charge >= 0.3 is 5.97 Å². The summed E-state index contributed by atoms with van der Waals surface area (Å²) >= 11 is 0. The maximum absolute atomic E-state index is 11.8. The van der Waals surface area contributed by atoms with Crippen LogP contribution in [0.3, 0.4) is 0 Å². The van der Waals surface area contributed by atoms with Gasteiger partial charge in [-0.2, -0.15) is 4.98 Å². The summed E-state index contributed by atoms with van der Waals surface area (Å²) in [6, 6.07) is 5.25. The van der Waals surface area contributed by atoms with Crippen molar-refractivity contribution in [2.45, 2.75) is 32.8 Å². The Morgan fingerprint density at radius 2 is 1.96 bits per heavy atom. The Kier molecular flexibility index (Phi) is 7.16. The number of esters is 1. The summed E-state index contributed by atoms with van der Waals surface area (Å²) in [4.78, 5) is 27.7. The lowest BCUT2D eigenvalue weighted by Crippen LogP contribution is -2.35. The highest BCUT2D eigenvalue weighted by Gasteiger charge is 2.18. The number of nitrogens with zero attached hydrogens (tertiary/aromatic N) is 2. The number of carbonyl (C=O) groups excluding carboxylic acids is 2. The number of amides is 1. The second-order valence-corrected chi connectivity index (χ2v) is 5.61. The van der Waals surface area contributed by atoms with Crippen molar-refractivity contribution in [2.75, 3.05) is 20.8 Å². The largest absolute Gasteiger partial charge is 0.493 e. The molecule has 1 aromatic heterocycles. The molecular formula is C18H23N3O6. The van der Waals surface area contributed by atoms with Crippen LogP contribution in [0.1, 0.15) is 26.2 Å². The van der Waals surface area contributed by atoms with Crippen LogP contribution in [-0.2, 0) is 20.7 Å². The number of nitrogens with one attached hydrogen (secondary N) is 1. The fourth-order valence-electron chi connectivity index (χ4n) is 2.29. The fourth-order valence-corrected chi connectivity index (χ4v) is 2.29. The minimum Gasteiger partial charge on any atom is -0.493 e. The maximum atomic E-state index is 11.8. The predicted molar refractivity (Wildman–Crippen MR) is 95.4 cm³/mol. The first kappa shape index (κ1) is 20.2. The lowest BCUT2D eigenvalue weighted by molar-refractivity contribution is -0.154. The van der Waals surface area contributed by atoms with Crippen LogP contribution in [0.15, 0.2) is 22.7 Å². The molecule has 2 aromatic rings. The van der Waals surface area contributed by atoms with Crippen LogP contribution in [-0.4, -0.2) is 48.9 Å². The van der Waals surface area contributed by atoms with Crippen LogP contribution < -0.4 is 14.8 Å². The highest BCUT2D eigenvalue weighted by Crippen LogP contribution is 2.31. The average molecular weight is 377 g/mol. The molecular weight excluding hydrogens is 354 g/mol. The van der Waals surface area contributed by atoms with Gasteiger partial charge in [-0.05, 0) is 32.0 Å². The van der Waals surface area contributed by atoms with Crippen molar-refractivity contribution < 1.29 is 28.3 Å². The smallest absolute Gasteiger partial charge is 0.307 e. The molecule has 1 N–H and O–H groups in total. The van der Waals surface area contributed by atoms with E-state index in [0.717, 1.165) is 0 Å². The molecule has 1 heterocycles. The minimum absolute atomic E-state index is 0.0251. The highest BCUT2D eigenvalue weighted by molar-refractivity contribution is 5.83. The monoisotopic (exact) mass is 377 g/mol. The third-order valence-corrected chi connectivity index (χ3v) is 3.68. The Morgan fingerprint density at radius 3 is 2.63 bits per heavy atom. The van der Waals surface area contributed by atoms with Crippen LogP contribution in [0.25, 0.3) is 11.4 Å². The minimum atomic E-state index is -0.845. The maximum Gasteiger partial charge on any atom is 0.307 e. The standard InChI is InChI=1S/C18H23N3O6/c1-5-19-18(23)11(2)26-16(22)9-8-15-20-17(21-27-15)12-6-7-13(24-3)14(10-12)25-4/h6-7,10-11H,5,8-9H2,1-4H3,(H,19,23)/t11-/m0/s1. The van der Waals surface area contributed by atoms with E-state index < -0.39 is 12.1 Å². The number of aromatic nitrogens is 2. The Bertz CT molecular complexity index is 789. The van der Waals surface area contributed by atoms with Crippen LogP contribution in [0.5, 0.6) is 11.5 Å². The van der Waals surface area contributed by atoms with Gasteiger partial charge in [0.05, 0.1) is 20.6 Å². The number of ether oxygens (including phenoxy) is 3. The molecule has 2 rings (SSSR count). The molecule has 146 valence electrons. The molecule has 0 saturated heterocycles. The van der Waals surface area contributed by atoms with Gasteiger partial charge in [-0.15, -0.1) is 0 Å². The zero-order valence-corrected chi connectivity index (χ0v) is 15.8. The molecule has 0 radical (unpaired) electrons. The van der Waals surface area contributed by atoms with E-state index in [9.17, 15) is 9.59 Å². The molecule has 1 atom stereocenters. The molecule has 0 aliphatic carbocycles. The van der Waals surface area contributed by atoms with E-state index in [1.807, 2.05) is 0 Å². The molecule has 9 heteroatoms. The molecule has 27 heavy (non-hydrogen) atoms. The van der Waals surface area contributed by atoms with E-state index in [-0.39, 0.29) is 18.7 Å². The molecule has 0 saturated carbocycles. The molecule has 0 spiro atoms. The number of aryl methyl sites for hydroxylation is 1. The van der Waals surface area contributed by atoms with Gasteiger partial charge in [-0.25, -0.2) is 0 Å². The summed E-state index contributed by atoms with van der Waals surface area (Å²) in [5, 5.41) is 6.50. The Hall–Kier alpha value is -3.10. The first-order chi connectivity index (χ1) is 13.0. The molecule has 0 fully saturated rings. The van der Waals surface area contributed by atoms with Crippen LogP contribution in [0.4, 0.5) is 0 Å². The number of benzene rings is 1. The number of hydrogen-bond donors (Lipinski definition) is 1. The van der Waals surface area contributed by atoms with E-state index in [1.54, 1.807) is 32.2 Å². The Balaban J connectivity index is 1.94. The zero-order chi connectivity index (χ0) is 19.8. The van der Waals surface area contributed by atoms with Gasteiger partial charge in [-0.3, -0.25) is 9.59 Å². The average Bonchev–Trinajstić information content (AvgIpc) is 3.15. The summed E-state index contributed by atoms with van der Waals surface area (Å²) < 4.78 is 20.7. The van der Waals surface area contributed by atoms with Gasteiger partial charge < -0.3 is 24.1 Å². The summed E-state index contributed by atoms with van der Waals surface area (Å²) in [7, 11) is 3.09. The normalized spacial score (nSPS) is 11.6. The Morgan fingerprint density at radius 1 is 1.22 bits per heavy atom. The third kappa shape index (κ3) is 5.44. The summed E-state index contributed by atoms with van der Waals surface area (Å²) in [5.74, 6) is 0.953. The van der Waals surface area contributed by atoms with Crippen molar-refractivity contribution in [3.05, 3.63) is 24.1 Å². The van der Waals surface area contributed by atoms with Gasteiger partial charge in [0.25, 0.3) is 5.91 Å². The van der Waals surface area contributed by atoms with E-state index in [1.165, 1.54) is 14.0 Å². The van der Waals surface area contributed by atoms with Crippen LogP contribution in [0, 0.1) is 0 Å². The lowest BCUT2D eigenvalue weighted by Gasteiger charge is -2.11. The van der Waals surface area contributed by atoms with Gasteiger partial charge in [0.15, 0.2) is 17.6 Å². The fraction of sp³-hybridized carbons (Fsp3) is 0.444. The molecule has 1 amide bonds. The second-order valence-electron chi connectivity index (χ2n) is 5.61. The van der Waals surface area contributed by atoms with Gasteiger partial charge in [0, 0.05) is 18.5 Å². The topological polar surface area (TPSA) is 113 Å². The van der Waals surface area contributed by atoms with Gasteiger partial charge in [-0.1, -0.05) is 5.16 Å². The first-order valence-corrected chi connectivity index (χ1v) is 8.50. The molecule has 0 unspecified atom stereocenters. The zero-order valence-electron chi connectivity index (χ0n) is 15.8. The van der Waals surface area contributed by atoms with E-state index >= 15 is 0 Å². The van der Waals surface area contributed by atoms with Crippen molar-refractivity contribution in [1.82, 2.24) is 15.5 Å². The second kappa shape index (κ2) is 9.56. The van der Waals surface area contributed by atoms with E-state index in [4.69, 9.17) is 18.7 Å². The number of hydrogen-bond acceptors (Lipinski definition) is 8. The molecule has 0 aliphatic rings. The number of likely N-dealkylation sites (N-methyl/N-ethyl adjacent to an activating group) is 1. The van der Waals surface area contributed by atoms with Crippen LogP contribution >= 0.6 is 0 Å². The van der Waals surface area contributed by atoms with Gasteiger partial charge in [0.1, 0.15) is 0 Å². The van der Waals surface area contributed by atoms with E-state index in [2.05, 4.69) is 15.5 Å². The van der Waals surface area contributed by atoms with Crippen molar-refractivity contribution in [2.24, 2.45) is 0 Å².